The van der Waals surface area contributed by atoms with Gasteiger partial charge in [-0.2, -0.15) is 0 Å². The molecule has 0 aromatic heterocycles. The summed E-state index contributed by atoms with van der Waals surface area (Å²) in [5.74, 6) is 1.51. The minimum Gasteiger partial charge on any atom is -0.289 e. The molecule has 0 aliphatic heterocycles. The van der Waals surface area contributed by atoms with Gasteiger partial charge >= 0.3 is 0 Å². The van der Waals surface area contributed by atoms with E-state index < -0.39 is 0 Å². The number of fused-ring (bicyclic) bond motifs is 2. The van der Waals surface area contributed by atoms with E-state index in [1.54, 1.807) is 0 Å². The Morgan fingerprint density at radius 2 is 1.20 bits per heavy atom. The van der Waals surface area contributed by atoms with E-state index in [0.29, 0.717) is 22.3 Å². The standard InChI is InChI=1S/C28H36O2/c1-5-8-21-13-15-23-25(17-21)27(29)24-16-14-22(18-26(24)28(23)30)12-7-11-20(4)10-6-9-19(2)3/h13-20H,5-12H2,1-4H3. The van der Waals surface area contributed by atoms with E-state index >= 15 is 0 Å². The van der Waals surface area contributed by atoms with Gasteiger partial charge in [0.15, 0.2) is 11.6 Å². The first-order chi connectivity index (χ1) is 14.4. The second-order valence-electron chi connectivity index (χ2n) is 9.49. The van der Waals surface area contributed by atoms with E-state index in [1.807, 2.05) is 36.4 Å². The minimum absolute atomic E-state index is 0.00782. The molecule has 2 heteroatoms. The van der Waals surface area contributed by atoms with Crippen molar-refractivity contribution < 1.29 is 9.59 Å². The maximum atomic E-state index is 13.1. The number of hydrogen-bond acceptors (Lipinski definition) is 2. The summed E-state index contributed by atoms with van der Waals surface area (Å²) in [6.07, 6.45) is 9.18. The molecule has 2 aromatic carbocycles. The van der Waals surface area contributed by atoms with Crippen LogP contribution in [0.15, 0.2) is 36.4 Å². The molecule has 0 bridgehead atoms. The molecule has 0 spiro atoms. The molecule has 0 fully saturated rings. The average molecular weight is 405 g/mol. The Balaban J connectivity index is 1.66. The van der Waals surface area contributed by atoms with Gasteiger partial charge in [-0.25, -0.2) is 0 Å². The SMILES string of the molecule is CCCc1ccc2c(c1)C(=O)c1ccc(CCCC(C)CCCC(C)C)cc1C2=O. The molecule has 1 atom stereocenters. The van der Waals surface area contributed by atoms with Crippen LogP contribution < -0.4 is 0 Å². The summed E-state index contributed by atoms with van der Waals surface area (Å²) in [5.41, 5.74) is 4.56. The van der Waals surface area contributed by atoms with Crippen LogP contribution in [0.25, 0.3) is 0 Å². The van der Waals surface area contributed by atoms with Crippen LogP contribution in [0.2, 0.25) is 0 Å². The zero-order valence-electron chi connectivity index (χ0n) is 19.1. The smallest absolute Gasteiger partial charge is 0.194 e. The van der Waals surface area contributed by atoms with Gasteiger partial charge in [-0.1, -0.05) is 84.1 Å². The van der Waals surface area contributed by atoms with Crippen molar-refractivity contribution in [2.75, 3.05) is 0 Å². The lowest BCUT2D eigenvalue weighted by Crippen LogP contribution is -2.21. The third kappa shape index (κ3) is 5.28. The number of carbonyl (C=O) groups excluding carboxylic acids is 2. The molecule has 2 nitrogen and oxygen atoms in total. The van der Waals surface area contributed by atoms with E-state index in [-0.39, 0.29) is 11.6 Å². The molecule has 160 valence electrons. The topological polar surface area (TPSA) is 34.1 Å². The average Bonchev–Trinajstić information content (AvgIpc) is 2.72. The Bertz CT molecular complexity index is 907. The Morgan fingerprint density at radius 1 is 0.667 bits per heavy atom. The normalized spacial score (nSPS) is 14.0. The Morgan fingerprint density at radius 3 is 1.73 bits per heavy atom. The molecule has 0 radical (unpaired) electrons. The van der Waals surface area contributed by atoms with E-state index in [9.17, 15) is 9.59 Å². The van der Waals surface area contributed by atoms with Crippen molar-refractivity contribution in [3.05, 3.63) is 69.8 Å². The molecule has 2 aromatic rings. The molecular formula is C28H36O2. The highest BCUT2D eigenvalue weighted by Gasteiger charge is 2.29. The van der Waals surface area contributed by atoms with Gasteiger partial charge in [0.2, 0.25) is 0 Å². The van der Waals surface area contributed by atoms with Crippen LogP contribution in [-0.4, -0.2) is 11.6 Å². The molecule has 30 heavy (non-hydrogen) atoms. The van der Waals surface area contributed by atoms with Crippen molar-refractivity contribution in [1.29, 1.82) is 0 Å². The van der Waals surface area contributed by atoms with Crippen molar-refractivity contribution in [2.45, 2.75) is 79.1 Å². The lowest BCUT2D eigenvalue weighted by Gasteiger charge is -2.19. The van der Waals surface area contributed by atoms with E-state index in [2.05, 4.69) is 27.7 Å². The molecule has 0 heterocycles. The van der Waals surface area contributed by atoms with Crippen molar-refractivity contribution in [3.63, 3.8) is 0 Å². The highest BCUT2D eigenvalue weighted by atomic mass is 16.1. The maximum Gasteiger partial charge on any atom is 0.194 e. The molecule has 0 N–H and O–H groups in total. The van der Waals surface area contributed by atoms with Crippen molar-refractivity contribution in [1.82, 2.24) is 0 Å². The summed E-state index contributed by atoms with van der Waals surface area (Å²) >= 11 is 0. The molecule has 1 unspecified atom stereocenters. The Hall–Kier alpha value is -2.22. The largest absolute Gasteiger partial charge is 0.289 e. The monoisotopic (exact) mass is 404 g/mol. The summed E-state index contributed by atoms with van der Waals surface area (Å²) < 4.78 is 0. The van der Waals surface area contributed by atoms with Crippen molar-refractivity contribution in [2.24, 2.45) is 11.8 Å². The van der Waals surface area contributed by atoms with Gasteiger partial charge in [0.25, 0.3) is 0 Å². The summed E-state index contributed by atoms with van der Waals surface area (Å²) in [6, 6.07) is 11.6. The number of aryl methyl sites for hydroxylation is 2. The maximum absolute atomic E-state index is 13.1. The van der Waals surface area contributed by atoms with Gasteiger partial charge in [0.1, 0.15) is 0 Å². The molecular weight excluding hydrogens is 368 g/mol. The van der Waals surface area contributed by atoms with Crippen LogP contribution >= 0.6 is 0 Å². The fourth-order valence-electron chi connectivity index (χ4n) is 4.52. The Labute approximate surface area is 182 Å². The highest BCUT2D eigenvalue weighted by Crippen LogP contribution is 2.29. The van der Waals surface area contributed by atoms with Gasteiger partial charge in [-0.3, -0.25) is 9.59 Å². The van der Waals surface area contributed by atoms with Crippen LogP contribution in [0.3, 0.4) is 0 Å². The third-order valence-electron chi connectivity index (χ3n) is 6.33. The minimum atomic E-state index is -0.0112. The fourth-order valence-corrected chi connectivity index (χ4v) is 4.52. The van der Waals surface area contributed by atoms with E-state index in [1.165, 1.54) is 25.7 Å². The van der Waals surface area contributed by atoms with Crippen LogP contribution in [0.4, 0.5) is 0 Å². The van der Waals surface area contributed by atoms with E-state index in [4.69, 9.17) is 0 Å². The van der Waals surface area contributed by atoms with Crippen molar-refractivity contribution >= 4 is 11.6 Å². The second-order valence-corrected chi connectivity index (χ2v) is 9.49. The molecule has 0 amide bonds. The van der Waals surface area contributed by atoms with Crippen LogP contribution in [0.5, 0.6) is 0 Å². The number of benzene rings is 2. The van der Waals surface area contributed by atoms with Gasteiger partial charge in [-0.05, 0) is 54.4 Å². The zero-order valence-corrected chi connectivity index (χ0v) is 19.1. The summed E-state index contributed by atoms with van der Waals surface area (Å²) in [4.78, 5) is 26.1. The number of ketones is 2. The lowest BCUT2D eigenvalue weighted by atomic mass is 9.82. The van der Waals surface area contributed by atoms with E-state index in [0.717, 1.165) is 48.6 Å². The Kier molecular flexibility index (Phi) is 7.64. The van der Waals surface area contributed by atoms with Gasteiger partial charge < -0.3 is 0 Å². The first-order valence-electron chi connectivity index (χ1n) is 11.8. The van der Waals surface area contributed by atoms with Crippen LogP contribution in [-0.2, 0) is 12.8 Å². The van der Waals surface area contributed by atoms with Gasteiger partial charge in [0, 0.05) is 22.3 Å². The first kappa shape index (κ1) is 22.5. The third-order valence-corrected chi connectivity index (χ3v) is 6.33. The summed E-state index contributed by atoms with van der Waals surface area (Å²) in [5, 5.41) is 0. The number of rotatable bonds is 10. The molecule has 0 saturated heterocycles. The second kappa shape index (κ2) is 10.2. The van der Waals surface area contributed by atoms with Crippen LogP contribution in [0, 0.1) is 11.8 Å². The van der Waals surface area contributed by atoms with Gasteiger partial charge in [0.05, 0.1) is 0 Å². The van der Waals surface area contributed by atoms with Gasteiger partial charge in [-0.15, -0.1) is 0 Å². The lowest BCUT2D eigenvalue weighted by molar-refractivity contribution is 0.0979. The molecule has 1 aliphatic carbocycles. The van der Waals surface area contributed by atoms with Crippen LogP contribution in [0.1, 0.15) is 109 Å². The summed E-state index contributed by atoms with van der Waals surface area (Å²) in [6.45, 7) is 9.04. The van der Waals surface area contributed by atoms with Crippen molar-refractivity contribution in [3.8, 4) is 0 Å². The fraction of sp³-hybridized carbons (Fsp3) is 0.500. The quantitative estimate of drug-likeness (QED) is 0.358. The summed E-state index contributed by atoms with van der Waals surface area (Å²) in [7, 11) is 0. The predicted molar refractivity (Wildman–Crippen MR) is 125 cm³/mol. The number of carbonyl (C=O) groups is 2. The highest BCUT2D eigenvalue weighted by molar-refractivity contribution is 6.28. The zero-order chi connectivity index (χ0) is 21.7. The first-order valence-corrected chi connectivity index (χ1v) is 11.8. The predicted octanol–water partition coefficient (Wildman–Crippen LogP) is 7.20. The molecule has 0 saturated carbocycles. The molecule has 3 rings (SSSR count). The molecule has 1 aliphatic rings. The number of hydrogen-bond donors (Lipinski definition) is 0.